The van der Waals surface area contributed by atoms with Crippen LogP contribution < -0.4 is 0 Å². The third-order valence-corrected chi connectivity index (χ3v) is 6.75. The van der Waals surface area contributed by atoms with Gasteiger partial charge in [-0.05, 0) is 24.1 Å². The highest BCUT2D eigenvalue weighted by Gasteiger charge is 2.39. The van der Waals surface area contributed by atoms with Crippen molar-refractivity contribution in [2.24, 2.45) is 5.92 Å². The van der Waals surface area contributed by atoms with E-state index in [1.54, 1.807) is 0 Å². The highest BCUT2D eigenvalue weighted by atomic mass is 16.5. The summed E-state index contributed by atoms with van der Waals surface area (Å²) in [5, 5.41) is 0. The Hall–Kier alpha value is -1.22. The van der Waals surface area contributed by atoms with Gasteiger partial charge in [-0.3, -0.25) is 0 Å². The largest absolute Gasteiger partial charge is 0.563 e. The smallest absolute Gasteiger partial charge is 0.363 e. The summed E-state index contributed by atoms with van der Waals surface area (Å²) in [6, 6.07) is 10.4. The molecular formula is C25H39BO2. The van der Waals surface area contributed by atoms with Crippen LogP contribution in [0.15, 0.2) is 42.2 Å². The van der Waals surface area contributed by atoms with Crippen molar-refractivity contribution in [1.82, 2.24) is 0 Å². The van der Waals surface area contributed by atoms with Gasteiger partial charge in [-0.2, -0.15) is 0 Å². The van der Waals surface area contributed by atoms with Gasteiger partial charge in [0, 0.05) is 5.92 Å². The summed E-state index contributed by atoms with van der Waals surface area (Å²) in [6.07, 6.45) is 16.0. The minimum atomic E-state index is 0.309. The maximum atomic E-state index is 6.82. The lowest BCUT2D eigenvalue weighted by Gasteiger charge is -2.36. The van der Waals surface area contributed by atoms with E-state index >= 15 is 0 Å². The molecule has 0 amide bonds. The van der Waals surface area contributed by atoms with Gasteiger partial charge < -0.3 is 9.39 Å². The zero-order chi connectivity index (χ0) is 19.6. The maximum absolute atomic E-state index is 6.82. The molecule has 28 heavy (non-hydrogen) atoms. The van der Waals surface area contributed by atoms with Crippen molar-refractivity contribution in [2.75, 3.05) is 6.61 Å². The molecule has 0 bridgehead atoms. The highest BCUT2D eigenvalue weighted by molar-refractivity contribution is 6.55. The zero-order valence-electron chi connectivity index (χ0n) is 18.1. The fraction of sp³-hybridized carbons (Fsp3) is 0.680. The van der Waals surface area contributed by atoms with E-state index in [4.69, 9.17) is 9.39 Å². The van der Waals surface area contributed by atoms with E-state index in [0.29, 0.717) is 19.4 Å². The summed E-state index contributed by atoms with van der Waals surface area (Å²) in [4.78, 5) is 0. The first-order chi connectivity index (χ1) is 13.8. The Labute approximate surface area is 173 Å². The first-order valence-electron chi connectivity index (χ1n) is 11.7. The molecule has 0 aromatic heterocycles. The minimum Gasteiger partial charge on any atom is -0.563 e. The van der Waals surface area contributed by atoms with Crippen molar-refractivity contribution in [3.8, 4) is 0 Å². The molecular weight excluding hydrogens is 343 g/mol. The Kier molecular flexibility index (Phi) is 8.99. The van der Waals surface area contributed by atoms with Crippen LogP contribution >= 0.6 is 0 Å². The molecule has 2 aliphatic rings. The van der Waals surface area contributed by atoms with Crippen LogP contribution in [0.1, 0.15) is 83.6 Å². The molecule has 0 radical (unpaired) electrons. The van der Waals surface area contributed by atoms with E-state index in [1.807, 2.05) is 0 Å². The van der Waals surface area contributed by atoms with Crippen LogP contribution in [0.5, 0.6) is 0 Å². The Morgan fingerprint density at radius 2 is 1.54 bits per heavy atom. The van der Waals surface area contributed by atoms with E-state index in [-0.39, 0.29) is 0 Å². The van der Waals surface area contributed by atoms with Gasteiger partial charge in [0.15, 0.2) is 0 Å². The molecule has 2 aliphatic carbocycles. The summed E-state index contributed by atoms with van der Waals surface area (Å²) in [6.45, 7) is 6.19. The lowest BCUT2D eigenvalue weighted by Crippen LogP contribution is -2.34. The van der Waals surface area contributed by atoms with Crippen molar-refractivity contribution >= 4 is 6.92 Å². The van der Waals surface area contributed by atoms with Gasteiger partial charge in [0.1, 0.15) is 0 Å². The Morgan fingerprint density at radius 3 is 2.07 bits per heavy atom. The SMILES string of the molecule is C/C=C(\OB(C1CCCCC1)C1CCCCC1)[C@H](C)COCc1ccccc1. The molecule has 0 saturated heterocycles. The topological polar surface area (TPSA) is 18.5 Å². The van der Waals surface area contributed by atoms with Crippen LogP contribution in [0, 0.1) is 5.92 Å². The van der Waals surface area contributed by atoms with Gasteiger partial charge in [-0.25, -0.2) is 0 Å². The molecule has 154 valence electrons. The van der Waals surface area contributed by atoms with E-state index < -0.39 is 0 Å². The normalized spacial score (nSPS) is 20.7. The number of rotatable bonds is 9. The molecule has 2 nitrogen and oxygen atoms in total. The molecule has 1 aromatic carbocycles. The summed E-state index contributed by atoms with van der Waals surface area (Å²) >= 11 is 0. The number of allylic oxidation sites excluding steroid dienone is 1. The third-order valence-electron chi connectivity index (χ3n) is 6.75. The summed E-state index contributed by atoms with van der Waals surface area (Å²) < 4.78 is 12.8. The fourth-order valence-electron chi connectivity index (χ4n) is 5.14. The Balaban J connectivity index is 1.56. The number of hydrogen-bond donors (Lipinski definition) is 0. The molecule has 1 aromatic rings. The van der Waals surface area contributed by atoms with Crippen molar-refractivity contribution in [3.63, 3.8) is 0 Å². The van der Waals surface area contributed by atoms with Gasteiger partial charge in [-0.15, -0.1) is 0 Å². The van der Waals surface area contributed by atoms with Crippen LogP contribution in [0.4, 0.5) is 0 Å². The third kappa shape index (κ3) is 6.41. The van der Waals surface area contributed by atoms with Crippen LogP contribution in [-0.2, 0) is 16.0 Å². The molecule has 0 heterocycles. The molecule has 2 saturated carbocycles. The number of ether oxygens (including phenoxy) is 1. The van der Waals surface area contributed by atoms with Crippen molar-refractivity contribution < 1.29 is 9.39 Å². The molecule has 1 atom stereocenters. The molecule has 3 heteroatoms. The average molecular weight is 382 g/mol. The maximum Gasteiger partial charge on any atom is 0.363 e. The summed E-state index contributed by atoms with van der Waals surface area (Å²) in [7, 11) is 0. The monoisotopic (exact) mass is 382 g/mol. The molecule has 3 rings (SSSR count). The Morgan fingerprint density at radius 1 is 0.964 bits per heavy atom. The first kappa shape index (κ1) is 21.5. The average Bonchev–Trinajstić information content (AvgIpc) is 2.76. The van der Waals surface area contributed by atoms with Crippen LogP contribution in [0.3, 0.4) is 0 Å². The first-order valence-corrected chi connectivity index (χ1v) is 11.7. The van der Waals surface area contributed by atoms with Crippen LogP contribution in [-0.4, -0.2) is 13.5 Å². The second-order valence-corrected chi connectivity index (χ2v) is 8.97. The standard InChI is InChI=1S/C25H39BO2/c1-3-25(21(2)19-27-20-22-13-7-4-8-14-22)28-26(23-15-9-5-10-16-23)24-17-11-6-12-18-24/h3-4,7-8,13-14,21,23-24H,5-6,9-12,15-20H2,1-2H3/b25-3-/t21-/m1/s1. The predicted molar refractivity (Wildman–Crippen MR) is 120 cm³/mol. The zero-order valence-corrected chi connectivity index (χ0v) is 18.1. The quantitative estimate of drug-likeness (QED) is 0.327. The van der Waals surface area contributed by atoms with E-state index in [2.05, 4.69) is 50.3 Å². The van der Waals surface area contributed by atoms with Gasteiger partial charge in [-0.1, -0.05) is 108 Å². The minimum absolute atomic E-state index is 0.309. The van der Waals surface area contributed by atoms with Crippen LogP contribution in [0.2, 0.25) is 11.6 Å². The number of benzene rings is 1. The van der Waals surface area contributed by atoms with Crippen molar-refractivity contribution in [2.45, 2.75) is 96.3 Å². The number of hydrogen-bond acceptors (Lipinski definition) is 2. The van der Waals surface area contributed by atoms with Gasteiger partial charge >= 0.3 is 6.92 Å². The van der Waals surface area contributed by atoms with Crippen LogP contribution in [0.25, 0.3) is 0 Å². The van der Waals surface area contributed by atoms with E-state index in [0.717, 1.165) is 24.0 Å². The molecule has 2 fully saturated rings. The second-order valence-electron chi connectivity index (χ2n) is 8.97. The molecule has 0 unspecified atom stereocenters. The predicted octanol–water partition coefficient (Wildman–Crippen LogP) is 7.42. The van der Waals surface area contributed by atoms with Gasteiger partial charge in [0.2, 0.25) is 0 Å². The Bertz CT molecular complexity index is 555. The molecule has 0 spiro atoms. The van der Waals surface area contributed by atoms with Gasteiger partial charge in [0.25, 0.3) is 0 Å². The fourth-order valence-corrected chi connectivity index (χ4v) is 5.14. The van der Waals surface area contributed by atoms with Gasteiger partial charge in [0.05, 0.1) is 19.0 Å². The van der Waals surface area contributed by atoms with Crippen molar-refractivity contribution in [3.05, 3.63) is 47.7 Å². The summed E-state index contributed by atoms with van der Waals surface area (Å²) in [5.74, 6) is 2.96. The van der Waals surface area contributed by atoms with E-state index in [9.17, 15) is 0 Å². The summed E-state index contributed by atoms with van der Waals surface area (Å²) in [5.41, 5.74) is 1.24. The molecule has 0 aliphatic heterocycles. The second kappa shape index (κ2) is 11.7. The van der Waals surface area contributed by atoms with E-state index in [1.165, 1.54) is 69.8 Å². The lowest BCUT2D eigenvalue weighted by molar-refractivity contribution is 0.0901. The highest BCUT2D eigenvalue weighted by Crippen LogP contribution is 2.43. The molecule has 0 N–H and O–H groups in total. The lowest BCUT2D eigenvalue weighted by atomic mass is 9.41. The van der Waals surface area contributed by atoms with Crippen molar-refractivity contribution in [1.29, 1.82) is 0 Å².